The molecule has 0 bridgehead atoms. The number of H-pyrrole nitrogens is 1. The number of likely N-dealkylation sites (N-methyl/N-ethyl adjacent to an activating group) is 1. The fourth-order valence-electron chi connectivity index (χ4n) is 3.37. The van der Waals surface area contributed by atoms with Gasteiger partial charge in [0, 0.05) is 36.3 Å². The van der Waals surface area contributed by atoms with Crippen molar-refractivity contribution in [2.75, 3.05) is 26.7 Å². The molecular weight excluding hydrogens is 364 g/mol. The minimum absolute atomic E-state index is 0.439. The number of hydrogen-bond donors (Lipinski definition) is 5. The number of aliphatic hydroxyl groups excluding tert-OH is 4. The highest BCUT2D eigenvalue weighted by Gasteiger charge is 2.44. The van der Waals surface area contributed by atoms with Crippen LogP contribution in [0.3, 0.4) is 0 Å². The predicted octanol–water partition coefficient (Wildman–Crippen LogP) is 0.00690. The van der Waals surface area contributed by atoms with Gasteiger partial charge in [0.2, 0.25) is 6.29 Å². The van der Waals surface area contributed by atoms with Crippen molar-refractivity contribution in [3.8, 4) is 5.75 Å². The molecule has 3 rings (SSSR count). The molecule has 8 heteroatoms. The van der Waals surface area contributed by atoms with Gasteiger partial charge in [-0.2, -0.15) is 0 Å². The molecule has 1 aromatic heterocycles. The van der Waals surface area contributed by atoms with Crippen LogP contribution >= 0.6 is 0 Å². The van der Waals surface area contributed by atoms with Gasteiger partial charge in [-0.15, -0.1) is 6.58 Å². The molecule has 1 saturated heterocycles. The minimum atomic E-state index is -1.47. The van der Waals surface area contributed by atoms with Crippen LogP contribution in [0.4, 0.5) is 0 Å². The Morgan fingerprint density at radius 1 is 1.25 bits per heavy atom. The van der Waals surface area contributed by atoms with Crippen LogP contribution in [0.15, 0.2) is 37.1 Å². The Morgan fingerprint density at radius 2 is 2.04 bits per heavy atom. The van der Waals surface area contributed by atoms with E-state index in [2.05, 4.69) is 16.5 Å². The van der Waals surface area contributed by atoms with E-state index in [9.17, 15) is 20.4 Å². The van der Waals surface area contributed by atoms with E-state index in [-0.39, 0.29) is 0 Å². The molecule has 0 saturated carbocycles. The summed E-state index contributed by atoms with van der Waals surface area (Å²) in [5.74, 6) is 0.439. The lowest BCUT2D eigenvalue weighted by atomic mass is 9.99. The largest absolute Gasteiger partial charge is 0.462 e. The quantitative estimate of drug-likeness (QED) is 0.402. The summed E-state index contributed by atoms with van der Waals surface area (Å²) in [4.78, 5) is 5.40. The number of benzene rings is 1. The highest BCUT2D eigenvalue weighted by molar-refractivity contribution is 5.84. The Morgan fingerprint density at radius 3 is 2.75 bits per heavy atom. The van der Waals surface area contributed by atoms with Crippen LogP contribution in [0.5, 0.6) is 5.75 Å². The molecule has 0 spiro atoms. The van der Waals surface area contributed by atoms with Crippen LogP contribution in [0.1, 0.15) is 5.56 Å². The number of hydrogen-bond acceptors (Lipinski definition) is 7. The number of aliphatic hydroxyl groups is 4. The summed E-state index contributed by atoms with van der Waals surface area (Å²) in [5, 5.41) is 40.2. The van der Waals surface area contributed by atoms with Crippen LogP contribution in [0.25, 0.3) is 10.9 Å². The highest BCUT2D eigenvalue weighted by atomic mass is 16.7. The molecule has 5 atom stereocenters. The van der Waals surface area contributed by atoms with Crippen molar-refractivity contribution >= 4 is 10.9 Å². The maximum absolute atomic E-state index is 10.1. The summed E-state index contributed by atoms with van der Waals surface area (Å²) in [6.07, 6.45) is -1.80. The van der Waals surface area contributed by atoms with E-state index < -0.39 is 37.3 Å². The molecule has 1 aromatic carbocycles. The van der Waals surface area contributed by atoms with Gasteiger partial charge >= 0.3 is 0 Å². The number of nitrogens with one attached hydrogen (secondary N) is 1. The van der Waals surface area contributed by atoms with Gasteiger partial charge < -0.3 is 39.8 Å². The number of ether oxygens (including phenoxy) is 2. The van der Waals surface area contributed by atoms with E-state index in [4.69, 9.17) is 9.47 Å². The average Bonchev–Trinajstić information content (AvgIpc) is 3.09. The molecule has 0 radical (unpaired) electrons. The fraction of sp³-hybridized carbons (Fsp3) is 0.500. The lowest BCUT2D eigenvalue weighted by Gasteiger charge is -2.39. The zero-order valence-corrected chi connectivity index (χ0v) is 15.9. The summed E-state index contributed by atoms with van der Waals surface area (Å²) < 4.78 is 11.1. The molecule has 5 unspecified atom stereocenters. The number of nitrogens with zero attached hydrogens (tertiary/aromatic N) is 1. The van der Waals surface area contributed by atoms with Crippen LogP contribution in [-0.4, -0.2) is 87.8 Å². The van der Waals surface area contributed by atoms with E-state index in [1.54, 1.807) is 12.1 Å². The van der Waals surface area contributed by atoms with Crippen molar-refractivity contribution in [2.24, 2.45) is 0 Å². The van der Waals surface area contributed by atoms with Crippen molar-refractivity contribution in [3.63, 3.8) is 0 Å². The molecule has 28 heavy (non-hydrogen) atoms. The second kappa shape index (κ2) is 9.04. The summed E-state index contributed by atoms with van der Waals surface area (Å²) >= 11 is 0. The zero-order chi connectivity index (χ0) is 20.3. The van der Waals surface area contributed by atoms with Gasteiger partial charge in [0.1, 0.15) is 30.2 Å². The fourth-order valence-corrected chi connectivity index (χ4v) is 3.37. The van der Waals surface area contributed by atoms with Gasteiger partial charge in [-0.3, -0.25) is 0 Å². The lowest BCUT2D eigenvalue weighted by Crippen LogP contribution is -2.60. The van der Waals surface area contributed by atoms with Gasteiger partial charge in [0.05, 0.1) is 6.61 Å². The SMILES string of the molecule is C=CCN(C)CCc1c[nH]c2cc(OC3OC(CO)C(O)C(O)C3O)ccc12. The van der Waals surface area contributed by atoms with Crippen molar-refractivity contribution in [2.45, 2.75) is 37.1 Å². The number of aromatic nitrogens is 1. The third kappa shape index (κ3) is 4.38. The molecule has 1 fully saturated rings. The van der Waals surface area contributed by atoms with Crippen molar-refractivity contribution in [1.29, 1.82) is 0 Å². The first-order valence-electron chi connectivity index (χ1n) is 9.31. The molecule has 2 heterocycles. The van der Waals surface area contributed by atoms with Gasteiger partial charge in [0.15, 0.2) is 0 Å². The number of rotatable bonds is 8. The first-order valence-corrected chi connectivity index (χ1v) is 9.31. The van der Waals surface area contributed by atoms with Gasteiger partial charge in [-0.1, -0.05) is 6.08 Å². The van der Waals surface area contributed by atoms with Crippen LogP contribution in [-0.2, 0) is 11.2 Å². The van der Waals surface area contributed by atoms with Gasteiger partial charge in [0.25, 0.3) is 0 Å². The van der Waals surface area contributed by atoms with Gasteiger partial charge in [-0.25, -0.2) is 0 Å². The van der Waals surface area contributed by atoms with E-state index in [1.165, 1.54) is 5.56 Å². The summed E-state index contributed by atoms with van der Waals surface area (Å²) in [6.45, 7) is 4.99. The lowest BCUT2D eigenvalue weighted by molar-refractivity contribution is -0.277. The maximum Gasteiger partial charge on any atom is 0.229 e. The first kappa shape index (κ1) is 20.8. The molecule has 8 nitrogen and oxygen atoms in total. The smallest absolute Gasteiger partial charge is 0.229 e. The Labute approximate surface area is 163 Å². The van der Waals surface area contributed by atoms with Crippen LogP contribution in [0, 0.1) is 0 Å². The van der Waals surface area contributed by atoms with E-state index in [0.717, 1.165) is 30.4 Å². The van der Waals surface area contributed by atoms with E-state index >= 15 is 0 Å². The predicted molar refractivity (Wildman–Crippen MR) is 104 cm³/mol. The van der Waals surface area contributed by atoms with E-state index in [1.807, 2.05) is 25.4 Å². The highest BCUT2D eigenvalue weighted by Crippen LogP contribution is 2.28. The van der Waals surface area contributed by atoms with Crippen molar-refractivity contribution in [3.05, 3.63) is 42.6 Å². The number of fused-ring (bicyclic) bond motifs is 1. The maximum atomic E-state index is 10.1. The topological polar surface area (TPSA) is 118 Å². The molecule has 154 valence electrons. The summed E-state index contributed by atoms with van der Waals surface area (Å²) in [5.41, 5.74) is 2.06. The molecule has 0 amide bonds. The Balaban J connectivity index is 1.70. The Kier molecular flexibility index (Phi) is 6.71. The molecule has 1 aliphatic heterocycles. The third-order valence-corrected chi connectivity index (χ3v) is 5.04. The second-order valence-electron chi connectivity index (χ2n) is 7.14. The monoisotopic (exact) mass is 392 g/mol. The third-order valence-electron chi connectivity index (χ3n) is 5.04. The molecule has 2 aromatic rings. The van der Waals surface area contributed by atoms with E-state index in [0.29, 0.717) is 5.75 Å². The first-order chi connectivity index (χ1) is 13.4. The average molecular weight is 392 g/mol. The zero-order valence-electron chi connectivity index (χ0n) is 15.9. The van der Waals surface area contributed by atoms with Crippen LogP contribution in [0.2, 0.25) is 0 Å². The van der Waals surface area contributed by atoms with Crippen molar-refractivity contribution < 1.29 is 29.9 Å². The second-order valence-corrected chi connectivity index (χ2v) is 7.14. The molecular formula is C20H28N2O6. The molecule has 5 N–H and O–H groups in total. The normalized spacial score (nSPS) is 28.0. The minimum Gasteiger partial charge on any atom is -0.462 e. The van der Waals surface area contributed by atoms with Crippen LogP contribution < -0.4 is 4.74 Å². The molecule has 1 aliphatic rings. The summed E-state index contributed by atoms with van der Waals surface area (Å²) in [6, 6.07) is 5.47. The Hall–Kier alpha value is -1.94. The standard InChI is InChI=1S/C20H28N2O6/c1-3-7-22(2)8-6-12-10-21-15-9-13(4-5-14(12)15)27-20-19(26)18(25)17(24)16(11-23)28-20/h3-5,9-10,16-21,23-26H,1,6-8,11H2,2H3. The molecule has 0 aliphatic carbocycles. The van der Waals surface area contributed by atoms with Gasteiger partial charge in [-0.05, 0) is 31.2 Å². The Bertz CT molecular complexity index is 792. The number of aromatic amines is 1. The summed E-state index contributed by atoms with van der Waals surface area (Å²) in [7, 11) is 2.04. The van der Waals surface area contributed by atoms with Crippen molar-refractivity contribution in [1.82, 2.24) is 9.88 Å².